The first-order valence-corrected chi connectivity index (χ1v) is 14.7. The molecule has 8 rings (SSSR count). The molecule has 42 heavy (non-hydrogen) atoms. The van der Waals surface area contributed by atoms with Crippen molar-refractivity contribution in [1.82, 2.24) is 0 Å². The minimum atomic E-state index is -0.108. The zero-order valence-corrected chi connectivity index (χ0v) is 23.9. The second-order valence-electron chi connectivity index (χ2n) is 11.8. The standard InChI is InChI=1S/C41H31N/c1-41(2)38-21-11-10-20-35(38)37-27-33(26-36(40(37)41)30-14-4-3-5-15-30)42(32-24-23-28-13-6-7-17-31(28)25-32)39-22-12-18-29-16-8-9-19-34(29)39/h3-27H,1-2H3. The maximum absolute atomic E-state index is 2.45. The maximum atomic E-state index is 2.45. The lowest BCUT2D eigenvalue weighted by Crippen LogP contribution is -2.17. The van der Waals surface area contributed by atoms with E-state index < -0.39 is 0 Å². The molecule has 1 aliphatic carbocycles. The zero-order valence-electron chi connectivity index (χ0n) is 23.9. The summed E-state index contributed by atoms with van der Waals surface area (Å²) in [5.74, 6) is 0. The molecule has 200 valence electrons. The van der Waals surface area contributed by atoms with Gasteiger partial charge in [-0.3, -0.25) is 0 Å². The molecule has 0 radical (unpaired) electrons. The Hall–Kier alpha value is -5.14. The Balaban J connectivity index is 1.47. The van der Waals surface area contributed by atoms with Crippen molar-refractivity contribution in [2.24, 2.45) is 0 Å². The summed E-state index contributed by atoms with van der Waals surface area (Å²) >= 11 is 0. The molecular formula is C41H31N. The van der Waals surface area contributed by atoms with Crippen LogP contribution in [0.2, 0.25) is 0 Å². The van der Waals surface area contributed by atoms with Gasteiger partial charge in [0.15, 0.2) is 0 Å². The fourth-order valence-corrected chi connectivity index (χ4v) is 7.03. The summed E-state index contributed by atoms with van der Waals surface area (Å²) in [6, 6.07) is 55.4. The first-order chi connectivity index (χ1) is 20.6. The molecule has 0 heterocycles. The highest BCUT2D eigenvalue weighted by molar-refractivity contribution is 6.02. The molecule has 0 unspecified atom stereocenters. The van der Waals surface area contributed by atoms with Gasteiger partial charge in [0, 0.05) is 22.2 Å². The van der Waals surface area contributed by atoms with Crippen molar-refractivity contribution >= 4 is 38.6 Å². The minimum Gasteiger partial charge on any atom is -0.310 e. The third-order valence-corrected chi connectivity index (χ3v) is 8.98. The molecular weight excluding hydrogens is 506 g/mol. The molecule has 1 aliphatic rings. The van der Waals surface area contributed by atoms with Crippen molar-refractivity contribution in [2.75, 3.05) is 4.90 Å². The molecule has 0 N–H and O–H groups in total. The van der Waals surface area contributed by atoms with Crippen molar-refractivity contribution in [3.05, 3.63) is 163 Å². The van der Waals surface area contributed by atoms with Gasteiger partial charge < -0.3 is 4.90 Å². The third kappa shape index (κ3) is 3.78. The lowest BCUT2D eigenvalue weighted by atomic mass is 9.78. The van der Waals surface area contributed by atoms with Gasteiger partial charge in [-0.15, -0.1) is 0 Å². The highest BCUT2D eigenvalue weighted by Gasteiger charge is 2.38. The predicted molar refractivity (Wildman–Crippen MR) is 179 cm³/mol. The third-order valence-electron chi connectivity index (χ3n) is 8.98. The van der Waals surface area contributed by atoms with Crippen LogP contribution in [-0.2, 0) is 5.41 Å². The Morgan fingerprint density at radius 1 is 0.452 bits per heavy atom. The van der Waals surface area contributed by atoms with E-state index in [1.54, 1.807) is 0 Å². The van der Waals surface area contributed by atoms with E-state index in [4.69, 9.17) is 0 Å². The van der Waals surface area contributed by atoms with Gasteiger partial charge in [-0.25, -0.2) is 0 Å². The van der Waals surface area contributed by atoms with Crippen LogP contribution in [0.3, 0.4) is 0 Å². The molecule has 0 bridgehead atoms. The largest absolute Gasteiger partial charge is 0.310 e. The Morgan fingerprint density at radius 2 is 1.12 bits per heavy atom. The lowest BCUT2D eigenvalue weighted by Gasteiger charge is -2.30. The Kier molecular flexibility index (Phi) is 5.55. The Bertz CT molecular complexity index is 2110. The van der Waals surface area contributed by atoms with Crippen LogP contribution in [-0.4, -0.2) is 0 Å². The summed E-state index contributed by atoms with van der Waals surface area (Å²) in [6.45, 7) is 4.74. The minimum absolute atomic E-state index is 0.108. The van der Waals surface area contributed by atoms with Crippen molar-refractivity contribution in [2.45, 2.75) is 19.3 Å². The average Bonchev–Trinajstić information content (AvgIpc) is 3.28. The van der Waals surface area contributed by atoms with E-state index in [0.29, 0.717) is 0 Å². The van der Waals surface area contributed by atoms with Crippen molar-refractivity contribution in [3.8, 4) is 22.3 Å². The van der Waals surface area contributed by atoms with Gasteiger partial charge in [0.25, 0.3) is 0 Å². The first kappa shape index (κ1) is 24.6. The number of anilines is 3. The summed E-state index contributed by atoms with van der Waals surface area (Å²) in [4.78, 5) is 2.45. The lowest BCUT2D eigenvalue weighted by molar-refractivity contribution is 0.662. The smallest absolute Gasteiger partial charge is 0.0540 e. The zero-order chi connectivity index (χ0) is 28.3. The van der Waals surface area contributed by atoms with E-state index in [1.807, 2.05) is 0 Å². The van der Waals surface area contributed by atoms with Crippen LogP contribution >= 0.6 is 0 Å². The van der Waals surface area contributed by atoms with E-state index >= 15 is 0 Å². The van der Waals surface area contributed by atoms with Gasteiger partial charge in [0.05, 0.1) is 5.69 Å². The molecule has 0 amide bonds. The summed E-state index contributed by atoms with van der Waals surface area (Å²) in [7, 11) is 0. The van der Waals surface area contributed by atoms with E-state index in [-0.39, 0.29) is 5.41 Å². The summed E-state index contributed by atoms with van der Waals surface area (Å²) < 4.78 is 0. The molecule has 0 fully saturated rings. The average molecular weight is 538 g/mol. The van der Waals surface area contributed by atoms with E-state index in [1.165, 1.54) is 60.6 Å². The molecule has 0 spiro atoms. The van der Waals surface area contributed by atoms with Crippen molar-refractivity contribution < 1.29 is 0 Å². The fourth-order valence-electron chi connectivity index (χ4n) is 7.03. The maximum Gasteiger partial charge on any atom is 0.0540 e. The number of fused-ring (bicyclic) bond motifs is 5. The van der Waals surface area contributed by atoms with Crippen LogP contribution in [0.25, 0.3) is 43.8 Å². The SMILES string of the molecule is CC1(C)c2ccccc2-c2cc(N(c3ccc4ccccc4c3)c3cccc4ccccc34)cc(-c3ccccc3)c21. The van der Waals surface area contributed by atoms with Gasteiger partial charge in [-0.1, -0.05) is 135 Å². The summed E-state index contributed by atoms with van der Waals surface area (Å²) in [6.07, 6.45) is 0. The molecule has 0 saturated heterocycles. The van der Waals surface area contributed by atoms with E-state index in [2.05, 4.69) is 170 Å². The van der Waals surface area contributed by atoms with E-state index in [9.17, 15) is 0 Å². The highest BCUT2D eigenvalue weighted by Crippen LogP contribution is 2.54. The van der Waals surface area contributed by atoms with Crippen molar-refractivity contribution in [3.63, 3.8) is 0 Å². The Morgan fingerprint density at radius 3 is 1.98 bits per heavy atom. The molecule has 1 heteroatoms. The topological polar surface area (TPSA) is 3.24 Å². The number of nitrogens with zero attached hydrogens (tertiary/aromatic N) is 1. The monoisotopic (exact) mass is 537 g/mol. The van der Waals surface area contributed by atoms with Crippen LogP contribution in [0, 0.1) is 0 Å². The quantitative estimate of drug-likeness (QED) is 0.216. The second-order valence-corrected chi connectivity index (χ2v) is 11.8. The van der Waals surface area contributed by atoms with Gasteiger partial charge >= 0.3 is 0 Å². The number of benzene rings is 7. The van der Waals surface area contributed by atoms with Crippen molar-refractivity contribution in [1.29, 1.82) is 0 Å². The van der Waals surface area contributed by atoms with E-state index in [0.717, 1.165) is 11.4 Å². The van der Waals surface area contributed by atoms with Crippen LogP contribution in [0.1, 0.15) is 25.0 Å². The summed E-state index contributed by atoms with van der Waals surface area (Å²) in [5.41, 5.74) is 11.3. The molecule has 0 atom stereocenters. The molecule has 0 aromatic heterocycles. The number of hydrogen-bond acceptors (Lipinski definition) is 1. The van der Waals surface area contributed by atoms with Crippen LogP contribution in [0.15, 0.2) is 152 Å². The van der Waals surface area contributed by atoms with Gasteiger partial charge in [-0.2, -0.15) is 0 Å². The fraction of sp³-hybridized carbons (Fsp3) is 0.0732. The highest BCUT2D eigenvalue weighted by atomic mass is 15.1. The van der Waals surface area contributed by atoms with Gasteiger partial charge in [-0.05, 0) is 79.9 Å². The predicted octanol–water partition coefficient (Wildman–Crippen LogP) is 11.4. The molecule has 1 nitrogen and oxygen atoms in total. The second kappa shape index (κ2) is 9.46. The van der Waals surface area contributed by atoms with Crippen LogP contribution in [0.5, 0.6) is 0 Å². The summed E-state index contributed by atoms with van der Waals surface area (Å²) in [5, 5.41) is 4.94. The van der Waals surface area contributed by atoms with Gasteiger partial charge in [0.1, 0.15) is 0 Å². The van der Waals surface area contributed by atoms with Gasteiger partial charge in [0.2, 0.25) is 0 Å². The number of hydrogen-bond donors (Lipinski definition) is 0. The van der Waals surface area contributed by atoms with Crippen LogP contribution < -0.4 is 4.90 Å². The normalized spacial score (nSPS) is 13.2. The molecule has 0 aliphatic heterocycles. The number of rotatable bonds is 4. The molecule has 0 saturated carbocycles. The molecule has 7 aromatic rings. The first-order valence-electron chi connectivity index (χ1n) is 14.7. The molecule has 7 aromatic carbocycles. The van der Waals surface area contributed by atoms with Crippen LogP contribution in [0.4, 0.5) is 17.1 Å². The Labute approximate surface area is 247 Å².